The molecule has 2 aromatic rings. The van der Waals surface area contributed by atoms with E-state index in [9.17, 15) is 4.79 Å². The second-order valence-electron chi connectivity index (χ2n) is 5.42. The number of likely N-dealkylation sites (tertiary alicyclic amines) is 1. The third-order valence-electron chi connectivity index (χ3n) is 3.96. The van der Waals surface area contributed by atoms with Gasteiger partial charge in [0.25, 0.3) is 0 Å². The number of carbonyl (C=O) groups excluding carboxylic acids is 1. The summed E-state index contributed by atoms with van der Waals surface area (Å²) in [4.78, 5) is 14.2. The molecule has 1 aliphatic carbocycles. The predicted octanol–water partition coefficient (Wildman–Crippen LogP) is 2.87. The molecule has 2 fully saturated rings. The van der Waals surface area contributed by atoms with Gasteiger partial charge in [-0.3, -0.25) is 4.79 Å². The van der Waals surface area contributed by atoms with Gasteiger partial charge in [-0.05, 0) is 37.1 Å². The van der Waals surface area contributed by atoms with Crippen LogP contribution in [0.15, 0.2) is 21.2 Å². The lowest BCUT2D eigenvalue weighted by atomic mass is 10.2. The molecule has 0 aromatic carbocycles. The van der Waals surface area contributed by atoms with Crippen molar-refractivity contribution in [3.05, 3.63) is 22.7 Å². The summed E-state index contributed by atoms with van der Waals surface area (Å²) in [6, 6.07) is 1.94. The molecule has 1 atom stereocenters. The zero-order valence-electron chi connectivity index (χ0n) is 11.0. The van der Waals surface area contributed by atoms with Gasteiger partial charge in [-0.15, -0.1) is 10.2 Å². The van der Waals surface area contributed by atoms with E-state index in [-0.39, 0.29) is 17.9 Å². The van der Waals surface area contributed by atoms with Crippen LogP contribution in [0.2, 0.25) is 0 Å². The van der Waals surface area contributed by atoms with E-state index >= 15 is 0 Å². The van der Waals surface area contributed by atoms with Crippen LogP contribution in [0.4, 0.5) is 0 Å². The van der Waals surface area contributed by atoms with Crippen LogP contribution >= 0.6 is 11.3 Å². The van der Waals surface area contributed by atoms with Gasteiger partial charge in [0.2, 0.25) is 17.7 Å². The van der Waals surface area contributed by atoms with Gasteiger partial charge in [-0.25, -0.2) is 0 Å². The fraction of sp³-hybridized carbons (Fsp3) is 0.500. The molecule has 0 radical (unpaired) electrons. The smallest absolute Gasteiger partial charge is 0.248 e. The van der Waals surface area contributed by atoms with Gasteiger partial charge in [-0.1, -0.05) is 0 Å². The van der Waals surface area contributed by atoms with Gasteiger partial charge in [0, 0.05) is 23.4 Å². The molecule has 1 saturated carbocycles. The highest BCUT2D eigenvalue weighted by molar-refractivity contribution is 7.08. The molecule has 0 spiro atoms. The summed E-state index contributed by atoms with van der Waals surface area (Å²) in [5.74, 6) is 1.64. The monoisotopic (exact) mass is 289 g/mol. The van der Waals surface area contributed by atoms with Crippen LogP contribution < -0.4 is 0 Å². The Hall–Kier alpha value is -1.69. The van der Waals surface area contributed by atoms with E-state index in [0.717, 1.165) is 37.8 Å². The number of hydrogen-bond donors (Lipinski definition) is 0. The van der Waals surface area contributed by atoms with Crippen molar-refractivity contribution in [2.24, 2.45) is 5.92 Å². The van der Waals surface area contributed by atoms with Crippen molar-refractivity contribution in [2.45, 2.75) is 31.7 Å². The van der Waals surface area contributed by atoms with E-state index in [4.69, 9.17) is 4.42 Å². The SMILES string of the molecule is O=C(C1CC1)N1CCC[C@H]1c1nnc(-c2ccsc2)o1. The Labute approximate surface area is 120 Å². The normalized spacial score (nSPS) is 22.4. The largest absolute Gasteiger partial charge is 0.418 e. The van der Waals surface area contributed by atoms with Crippen LogP contribution in [0.1, 0.15) is 37.6 Å². The van der Waals surface area contributed by atoms with Crippen molar-refractivity contribution in [3.63, 3.8) is 0 Å². The quantitative estimate of drug-likeness (QED) is 0.871. The first kappa shape index (κ1) is 12.1. The van der Waals surface area contributed by atoms with Crippen LogP contribution in [-0.2, 0) is 4.79 Å². The molecule has 0 bridgehead atoms. The number of aromatic nitrogens is 2. The Balaban J connectivity index is 1.58. The molecule has 0 unspecified atom stereocenters. The minimum Gasteiger partial charge on any atom is -0.418 e. The molecule has 2 aromatic heterocycles. The highest BCUT2D eigenvalue weighted by atomic mass is 32.1. The van der Waals surface area contributed by atoms with Gasteiger partial charge in [0.05, 0.1) is 0 Å². The van der Waals surface area contributed by atoms with Crippen LogP contribution in [0.25, 0.3) is 11.5 Å². The first-order chi connectivity index (χ1) is 9.83. The van der Waals surface area contributed by atoms with E-state index < -0.39 is 0 Å². The highest BCUT2D eigenvalue weighted by Crippen LogP contribution is 2.38. The summed E-state index contributed by atoms with van der Waals surface area (Å²) in [7, 11) is 0. The zero-order chi connectivity index (χ0) is 13.5. The summed E-state index contributed by atoms with van der Waals surface area (Å²) in [6.07, 6.45) is 4.00. The van der Waals surface area contributed by atoms with Gasteiger partial charge >= 0.3 is 0 Å². The van der Waals surface area contributed by atoms with Gasteiger partial charge in [-0.2, -0.15) is 11.3 Å². The van der Waals surface area contributed by atoms with E-state index in [1.807, 2.05) is 21.7 Å². The third-order valence-corrected chi connectivity index (χ3v) is 4.64. The number of nitrogens with zero attached hydrogens (tertiary/aromatic N) is 3. The maximum absolute atomic E-state index is 12.3. The van der Waals surface area contributed by atoms with Crippen LogP contribution in [0.3, 0.4) is 0 Å². The Morgan fingerprint density at radius 2 is 2.25 bits per heavy atom. The summed E-state index contributed by atoms with van der Waals surface area (Å²) in [5, 5.41) is 12.2. The second-order valence-corrected chi connectivity index (χ2v) is 6.20. The molecule has 2 aliphatic rings. The van der Waals surface area contributed by atoms with E-state index in [0.29, 0.717) is 11.8 Å². The van der Waals surface area contributed by atoms with Crippen LogP contribution in [0, 0.1) is 5.92 Å². The fourth-order valence-corrected chi connectivity index (χ4v) is 3.35. The zero-order valence-corrected chi connectivity index (χ0v) is 11.8. The molecule has 0 N–H and O–H groups in total. The lowest BCUT2D eigenvalue weighted by Gasteiger charge is -2.21. The topological polar surface area (TPSA) is 59.2 Å². The Bertz CT molecular complexity index is 618. The average Bonchev–Trinajstić information content (AvgIpc) is 2.93. The van der Waals surface area contributed by atoms with Crippen molar-refractivity contribution in [3.8, 4) is 11.5 Å². The molecular formula is C14H15N3O2S. The average molecular weight is 289 g/mol. The first-order valence-electron chi connectivity index (χ1n) is 6.99. The third kappa shape index (κ3) is 2.04. The molecule has 104 valence electrons. The van der Waals surface area contributed by atoms with Crippen molar-refractivity contribution < 1.29 is 9.21 Å². The van der Waals surface area contributed by atoms with Gasteiger partial charge in [0.15, 0.2) is 0 Å². The summed E-state index contributed by atoms with van der Waals surface area (Å²) < 4.78 is 5.78. The van der Waals surface area contributed by atoms with Crippen molar-refractivity contribution in [1.29, 1.82) is 0 Å². The number of amides is 1. The fourth-order valence-electron chi connectivity index (χ4n) is 2.72. The predicted molar refractivity (Wildman–Crippen MR) is 74.0 cm³/mol. The minimum absolute atomic E-state index is 0.0250. The van der Waals surface area contributed by atoms with Crippen molar-refractivity contribution >= 4 is 17.2 Å². The second kappa shape index (κ2) is 4.70. The molecule has 5 nitrogen and oxygen atoms in total. The van der Waals surface area contributed by atoms with Gasteiger partial charge < -0.3 is 9.32 Å². The summed E-state index contributed by atoms with van der Waals surface area (Å²) in [5.41, 5.74) is 0.951. The van der Waals surface area contributed by atoms with Crippen molar-refractivity contribution in [2.75, 3.05) is 6.54 Å². The van der Waals surface area contributed by atoms with Crippen LogP contribution in [0.5, 0.6) is 0 Å². The van der Waals surface area contributed by atoms with Crippen LogP contribution in [-0.4, -0.2) is 27.5 Å². The number of thiophene rings is 1. The number of rotatable bonds is 3. The molecule has 3 heterocycles. The molecule has 4 rings (SSSR count). The lowest BCUT2D eigenvalue weighted by Crippen LogP contribution is -2.31. The molecule has 6 heteroatoms. The lowest BCUT2D eigenvalue weighted by molar-refractivity contribution is -0.133. The van der Waals surface area contributed by atoms with Crippen molar-refractivity contribution in [1.82, 2.24) is 15.1 Å². The maximum Gasteiger partial charge on any atom is 0.248 e. The number of carbonyl (C=O) groups is 1. The summed E-state index contributed by atoms with van der Waals surface area (Å²) >= 11 is 1.60. The molecule has 20 heavy (non-hydrogen) atoms. The Morgan fingerprint density at radius 3 is 3.00 bits per heavy atom. The Morgan fingerprint density at radius 1 is 1.35 bits per heavy atom. The van der Waals surface area contributed by atoms with E-state index in [1.54, 1.807) is 11.3 Å². The number of hydrogen-bond acceptors (Lipinski definition) is 5. The molecule has 1 aliphatic heterocycles. The molecule has 1 amide bonds. The molecule has 1 saturated heterocycles. The maximum atomic E-state index is 12.3. The first-order valence-corrected chi connectivity index (χ1v) is 7.93. The Kier molecular flexibility index (Phi) is 2.84. The van der Waals surface area contributed by atoms with Gasteiger partial charge in [0.1, 0.15) is 6.04 Å². The van der Waals surface area contributed by atoms with E-state index in [2.05, 4.69) is 10.2 Å². The standard InChI is InChI=1S/C14H15N3O2S/c18-14(9-3-4-9)17-6-1-2-11(17)13-16-15-12(19-13)10-5-7-20-8-10/h5,7-9,11H,1-4,6H2/t11-/m0/s1. The highest BCUT2D eigenvalue weighted by Gasteiger charge is 2.40. The van der Waals surface area contributed by atoms with E-state index in [1.165, 1.54) is 0 Å². The molecular weight excluding hydrogens is 274 g/mol. The minimum atomic E-state index is -0.0250. The summed E-state index contributed by atoms with van der Waals surface area (Å²) in [6.45, 7) is 0.816.